The number of fused-ring (bicyclic) bond motifs is 1. The molecule has 8 heteroatoms. The Bertz CT molecular complexity index is 998. The topological polar surface area (TPSA) is 66.5 Å². The monoisotopic (exact) mass is 434 g/mol. The fourth-order valence-corrected chi connectivity index (χ4v) is 6.57. The van der Waals surface area contributed by atoms with Crippen LogP contribution in [-0.4, -0.2) is 37.5 Å². The smallest absolute Gasteiger partial charge is 0.243 e. The molecular weight excluding hydrogens is 411 g/mol. The van der Waals surface area contributed by atoms with E-state index in [1.54, 1.807) is 48.2 Å². The summed E-state index contributed by atoms with van der Waals surface area (Å²) in [6.45, 7) is 0.579. The molecule has 29 heavy (non-hydrogen) atoms. The van der Waals surface area contributed by atoms with Gasteiger partial charge in [-0.25, -0.2) is 12.8 Å². The molecule has 1 N–H and O–H groups in total. The summed E-state index contributed by atoms with van der Waals surface area (Å²) in [5.41, 5.74) is 0.805. The number of piperidine rings is 1. The van der Waals surface area contributed by atoms with Crippen LogP contribution in [-0.2, 0) is 14.8 Å². The molecule has 2 aliphatic rings. The molecule has 0 bridgehead atoms. The minimum atomic E-state index is -3.62. The highest BCUT2D eigenvalue weighted by Gasteiger charge is 2.34. The van der Waals surface area contributed by atoms with E-state index < -0.39 is 15.9 Å². The normalized spacial score (nSPS) is 22.7. The van der Waals surface area contributed by atoms with Crippen LogP contribution in [0, 0.1) is 11.7 Å². The van der Waals surface area contributed by atoms with E-state index >= 15 is 0 Å². The van der Waals surface area contributed by atoms with E-state index in [2.05, 4.69) is 5.32 Å². The van der Waals surface area contributed by atoms with Gasteiger partial charge in [-0.05, 0) is 55.2 Å². The van der Waals surface area contributed by atoms with E-state index in [1.165, 1.54) is 16.4 Å². The molecular formula is C21H23FN2O3S2. The number of thioether (sulfide) groups is 1. The molecule has 2 heterocycles. The number of nitrogens with one attached hydrogen (secondary N) is 1. The lowest BCUT2D eigenvalue weighted by Gasteiger charge is -2.33. The minimum Gasteiger partial charge on any atom is -0.349 e. The lowest BCUT2D eigenvalue weighted by Crippen LogP contribution is -2.46. The van der Waals surface area contributed by atoms with Gasteiger partial charge in [0, 0.05) is 23.7 Å². The van der Waals surface area contributed by atoms with Crippen LogP contribution in [0.4, 0.5) is 4.39 Å². The highest BCUT2D eigenvalue weighted by molar-refractivity contribution is 7.99. The largest absolute Gasteiger partial charge is 0.349 e. The molecule has 2 aliphatic heterocycles. The number of carbonyl (C=O) groups is 1. The van der Waals surface area contributed by atoms with Crippen molar-refractivity contribution in [1.29, 1.82) is 0 Å². The number of rotatable bonds is 4. The minimum absolute atomic E-state index is 0.162. The molecule has 2 aromatic carbocycles. The van der Waals surface area contributed by atoms with Gasteiger partial charge in [-0.1, -0.05) is 18.2 Å². The van der Waals surface area contributed by atoms with Gasteiger partial charge in [-0.15, -0.1) is 11.8 Å². The first-order chi connectivity index (χ1) is 13.9. The molecule has 0 aromatic heterocycles. The summed E-state index contributed by atoms with van der Waals surface area (Å²) in [5.74, 6) is -0.0369. The third-order valence-corrected chi connectivity index (χ3v) is 8.47. The Morgan fingerprint density at radius 1 is 1.14 bits per heavy atom. The van der Waals surface area contributed by atoms with Crippen molar-refractivity contribution >= 4 is 27.7 Å². The summed E-state index contributed by atoms with van der Waals surface area (Å²) in [7, 11) is -3.62. The number of hydrogen-bond acceptors (Lipinski definition) is 4. The molecule has 0 radical (unpaired) electrons. The van der Waals surface area contributed by atoms with E-state index in [-0.39, 0.29) is 29.2 Å². The van der Waals surface area contributed by atoms with E-state index in [0.717, 1.165) is 22.6 Å². The summed E-state index contributed by atoms with van der Waals surface area (Å²) in [5, 5.41) is 3.04. The third kappa shape index (κ3) is 4.34. The van der Waals surface area contributed by atoms with Crippen molar-refractivity contribution in [3.05, 3.63) is 59.9 Å². The van der Waals surface area contributed by atoms with E-state index in [4.69, 9.17) is 0 Å². The Labute approximate surface area is 174 Å². The quantitative estimate of drug-likeness (QED) is 0.799. The summed E-state index contributed by atoms with van der Waals surface area (Å²) in [4.78, 5) is 14.2. The molecule has 0 aliphatic carbocycles. The van der Waals surface area contributed by atoms with Crippen LogP contribution in [0.5, 0.6) is 0 Å². The fourth-order valence-electron chi connectivity index (χ4n) is 3.92. The Balaban J connectivity index is 1.47. The average molecular weight is 435 g/mol. The van der Waals surface area contributed by atoms with Gasteiger partial charge in [0.05, 0.1) is 16.9 Å². The molecule has 0 spiro atoms. The number of halogens is 1. The second-order valence-corrected chi connectivity index (χ2v) is 10.5. The van der Waals surface area contributed by atoms with Crippen molar-refractivity contribution in [3.8, 4) is 0 Å². The number of hydrogen-bond donors (Lipinski definition) is 1. The predicted molar refractivity (Wildman–Crippen MR) is 111 cm³/mol. The first-order valence-electron chi connectivity index (χ1n) is 9.73. The van der Waals surface area contributed by atoms with Gasteiger partial charge < -0.3 is 5.32 Å². The zero-order valence-electron chi connectivity index (χ0n) is 15.9. The Kier molecular flexibility index (Phi) is 5.94. The number of carbonyl (C=O) groups excluding carboxylic acids is 1. The van der Waals surface area contributed by atoms with Crippen molar-refractivity contribution in [2.75, 3.05) is 18.8 Å². The van der Waals surface area contributed by atoms with E-state index in [9.17, 15) is 17.6 Å². The zero-order valence-corrected chi connectivity index (χ0v) is 17.5. The Morgan fingerprint density at radius 3 is 2.72 bits per heavy atom. The van der Waals surface area contributed by atoms with Gasteiger partial charge in [-0.2, -0.15) is 4.31 Å². The molecule has 2 atom stereocenters. The van der Waals surface area contributed by atoms with Gasteiger partial charge in [0.1, 0.15) is 5.82 Å². The van der Waals surface area contributed by atoms with Crippen molar-refractivity contribution in [2.45, 2.75) is 35.1 Å². The van der Waals surface area contributed by atoms with Crippen LogP contribution in [0.25, 0.3) is 0 Å². The van der Waals surface area contributed by atoms with Gasteiger partial charge in [-0.3, -0.25) is 4.79 Å². The van der Waals surface area contributed by atoms with Gasteiger partial charge in [0.25, 0.3) is 0 Å². The van der Waals surface area contributed by atoms with Crippen molar-refractivity contribution in [3.63, 3.8) is 0 Å². The second kappa shape index (κ2) is 8.45. The van der Waals surface area contributed by atoms with E-state index in [0.29, 0.717) is 19.4 Å². The van der Waals surface area contributed by atoms with Crippen LogP contribution < -0.4 is 5.32 Å². The summed E-state index contributed by atoms with van der Waals surface area (Å²) < 4.78 is 40.9. The molecule has 2 aromatic rings. The number of sulfonamides is 1. The molecule has 154 valence electrons. The predicted octanol–water partition coefficient (Wildman–Crippen LogP) is 3.58. The summed E-state index contributed by atoms with van der Waals surface area (Å²) in [6, 6.07) is 12.7. The van der Waals surface area contributed by atoms with E-state index in [1.807, 2.05) is 0 Å². The van der Waals surface area contributed by atoms with Crippen LogP contribution in [0.3, 0.4) is 0 Å². The maximum absolute atomic E-state index is 13.7. The second-order valence-electron chi connectivity index (χ2n) is 7.40. The molecule has 4 rings (SSSR count). The molecule has 1 amide bonds. The van der Waals surface area contributed by atoms with Gasteiger partial charge in [0.2, 0.25) is 15.9 Å². The maximum Gasteiger partial charge on any atom is 0.243 e. The molecule has 0 saturated carbocycles. The lowest BCUT2D eigenvalue weighted by atomic mass is 9.97. The molecule has 2 unspecified atom stereocenters. The van der Waals surface area contributed by atoms with Crippen molar-refractivity contribution in [2.24, 2.45) is 5.92 Å². The molecule has 1 fully saturated rings. The van der Waals surface area contributed by atoms with Crippen molar-refractivity contribution < 1.29 is 17.6 Å². The first-order valence-corrected chi connectivity index (χ1v) is 12.2. The van der Waals surface area contributed by atoms with Crippen LogP contribution in [0.2, 0.25) is 0 Å². The highest BCUT2D eigenvalue weighted by atomic mass is 32.2. The van der Waals surface area contributed by atoms with Crippen molar-refractivity contribution in [1.82, 2.24) is 9.62 Å². The number of nitrogens with zero attached hydrogens (tertiary/aromatic N) is 1. The maximum atomic E-state index is 13.7. The average Bonchev–Trinajstić information content (AvgIpc) is 2.75. The molecule has 5 nitrogen and oxygen atoms in total. The van der Waals surface area contributed by atoms with Crippen LogP contribution in [0.15, 0.2) is 58.3 Å². The third-order valence-electron chi connectivity index (χ3n) is 5.46. The number of amides is 1. The SMILES string of the molecule is O=C(NC1CCSc2ccc(F)cc21)C1CCCN(S(=O)(=O)c2ccccc2)C1. The highest BCUT2D eigenvalue weighted by Crippen LogP contribution is 2.37. The van der Waals surface area contributed by atoms with Crippen LogP contribution in [0.1, 0.15) is 30.9 Å². The standard InChI is InChI=1S/C21H23FN2O3S2/c22-16-8-9-20-18(13-16)19(10-12-28-20)23-21(25)15-5-4-11-24(14-15)29(26,27)17-6-2-1-3-7-17/h1-3,6-9,13,15,19H,4-5,10-12,14H2,(H,23,25). The van der Waals surface area contributed by atoms with Gasteiger partial charge >= 0.3 is 0 Å². The van der Waals surface area contributed by atoms with Gasteiger partial charge in [0.15, 0.2) is 0 Å². The zero-order chi connectivity index (χ0) is 20.4. The molecule has 1 saturated heterocycles. The lowest BCUT2D eigenvalue weighted by molar-refractivity contribution is -0.126. The Hall–Kier alpha value is -1.90. The first kappa shape index (κ1) is 20.4. The Morgan fingerprint density at radius 2 is 1.93 bits per heavy atom. The summed E-state index contributed by atoms with van der Waals surface area (Å²) in [6.07, 6.45) is 2.01. The summed E-state index contributed by atoms with van der Waals surface area (Å²) >= 11 is 1.66. The number of benzene rings is 2. The van der Waals surface area contributed by atoms with Crippen LogP contribution >= 0.6 is 11.8 Å². The fraction of sp³-hybridized carbons (Fsp3) is 0.381.